The normalized spacial score (nSPS) is 15.3. The Morgan fingerprint density at radius 3 is 2.76 bits per heavy atom. The van der Waals surface area contributed by atoms with E-state index in [1.807, 2.05) is 44.3 Å². The molecule has 0 saturated heterocycles. The monoisotopic (exact) mass is 339 g/mol. The van der Waals surface area contributed by atoms with Gasteiger partial charge in [-0.2, -0.15) is 0 Å². The number of nitrogens with one attached hydrogen (secondary N) is 2. The van der Waals surface area contributed by atoms with Gasteiger partial charge in [-0.25, -0.2) is 4.99 Å². The average molecular weight is 339 g/mol. The Kier molecular flexibility index (Phi) is 4.61. The third-order valence-electron chi connectivity index (χ3n) is 4.32. The highest BCUT2D eigenvalue weighted by molar-refractivity contribution is 6.11. The van der Waals surface area contributed by atoms with Crippen molar-refractivity contribution in [3.05, 3.63) is 64.1 Å². The van der Waals surface area contributed by atoms with Gasteiger partial charge >= 0.3 is 5.97 Å². The molecule has 3 heterocycles. The fraction of sp³-hybridized carbons (Fsp3) is 0.263. The molecule has 0 fully saturated rings. The van der Waals surface area contributed by atoms with Gasteiger partial charge in [0, 0.05) is 23.7 Å². The third-order valence-corrected chi connectivity index (χ3v) is 4.32. The molecule has 6 heteroatoms. The molecule has 130 valence electrons. The van der Waals surface area contributed by atoms with E-state index in [4.69, 9.17) is 9.47 Å². The molecular formula is C19H21N3O3. The Morgan fingerprint density at radius 1 is 1.32 bits per heavy atom. The van der Waals surface area contributed by atoms with Crippen molar-refractivity contribution in [2.75, 3.05) is 14.2 Å². The first-order chi connectivity index (χ1) is 12.0. The minimum Gasteiger partial charge on any atom is -0.494 e. The number of aromatic amines is 2. The maximum atomic E-state index is 11.6. The summed E-state index contributed by atoms with van der Waals surface area (Å²) in [6.45, 7) is 3.93. The number of carbonyl (C=O) groups excluding carboxylic acids is 1. The van der Waals surface area contributed by atoms with E-state index in [0.717, 1.165) is 39.6 Å². The Morgan fingerprint density at radius 2 is 2.12 bits per heavy atom. The lowest BCUT2D eigenvalue weighted by Gasteiger charge is -2.02. The van der Waals surface area contributed by atoms with Crippen LogP contribution in [0.5, 0.6) is 0 Å². The SMILES string of the molecule is COC(=O)Cc1c(C)[nH]c(C=C2N=C(c3ccc[nH]3)C=C2OC)c1C. The van der Waals surface area contributed by atoms with Crippen molar-refractivity contribution in [1.29, 1.82) is 0 Å². The van der Waals surface area contributed by atoms with Gasteiger partial charge < -0.3 is 19.4 Å². The van der Waals surface area contributed by atoms with Gasteiger partial charge in [0.2, 0.25) is 0 Å². The van der Waals surface area contributed by atoms with Crippen LogP contribution in [-0.4, -0.2) is 35.9 Å². The number of carbonyl (C=O) groups is 1. The van der Waals surface area contributed by atoms with Gasteiger partial charge in [-0.05, 0) is 43.2 Å². The van der Waals surface area contributed by atoms with Crippen LogP contribution >= 0.6 is 0 Å². The summed E-state index contributed by atoms with van der Waals surface area (Å²) in [5.41, 5.74) is 6.31. The van der Waals surface area contributed by atoms with Gasteiger partial charge in [0.15, 0.2) is 0 Å². The molecule has 0 atom stereocenters. The lowest BCUT2D eigenvalue weighted by atomic mass is 10.1. The van der Waals surface area contributed by atoms with Crippen molar-refractivity contribution in [1.82, 2.24) is 9.97 Å². The number of hydrogen-bond acceptors (Lipinski definition) is 4. The van der Waals surface area contributed by atoms with Crippen molar-refractivity contribution in [2.45, 2.75) is 20.3 Å². The van der Waals surface area contributed by atoms with E-state index in [0.29, 0.717) is 5.76 Å². The molecule has 0 aromatic carbocycles. The number of rotatable bonds is 5. The van der Waals surface area contributed by atoms with E-state index in [-0.39, 0.29) is 12.4 Å². The van der Waals surface area contributed by atoms with Gasteiger partial charge in [0.05, 0.1) is 32.0 Å². The smallest absolute Gasteiger partial charge is 0.310 e. The highest BCUT2D eigenvalue weighted by atomic mass is 16.5. The second-order valence-electron chi connectivity index (χ2n) is 5.84. The maximum Gasteiger partial charge on any atom is 0.310 e. The predicted octanol–water partition coefficient (Wildman–Crippen LogP) is 3.05. The van der Waals surface area contributed by atoms with Crippen molar-refractivity contribution in [2.24, 2.45) is 4.99 Å². The molecule has 0 saturated carbocycles. The first-order valence-electron chi connectivity index (χ1n) is 7.98. The van der Waals surface area contributed by atoms with Crippen LogP contribution in [0, 0.1) is 13.8 Å². The van der Waals surface area contributed by atoms with E-state index >= 15 is 0 Å². The lowest BCUT2D eigenvalue weighted by molar-refractivity contribution is -0.139. The summed E-state index contributed by atoms with van der Waals surface area (Å²) < 4.78 is 10.2. The number of methoxy groups -OCH3 is 2. The molecule has 2 N–H and O–H groups in total. The second-order valence-corrected chi connectivity index (χ2v) is 5.84. The third kappa shape index (κ3) is 3.28. The highest BCUT2D eigenvalue weighted by Crippen LogP contribution is 2.27. The highest BCUT2D eigenvalue weighted by Gasteiger charge is 2.19. The second kappa shape index (κ2) is 6.84. The van der Waals surface area contributed by atoms with Crippen LogP contribution < -0.4 is 0 Å². The lowest BCUT2D eigenvalue weighted by Crippen LogP contribution is -2.05. The fourth-order valence-electron chi connectivity index (χ4n) is 2.89. The van der Waals surface area contributed by atoms with Crippen LogP contribution in [0.15, 0.2) is 40.9 Å². The van der Waals surface area contributed by atoms with Crippen LogP contribution in [0.3, 0.4) is 0 Å². The fourth-order valence-corrected chi connectivity index (χ4v) is 2.89. The first kappa shape index (κ1) is 16.8. The molecule has 0 aliphatic carbocycles. The molecule has 25 heavy (non-hydrogen) atoms. The molecule has 0 bridgehead atoms. The van der Waals surface area contributed by atoms with E-state index in [1.54, 1.807) is 7.11 Å². The topological polar surface area (TPSA) is 79.5 Å². The summed E-state index contributed by atoms with van der Waals surface area (Å²) in [6, 6.07) is 3.89. The summed E-state index contributed by atoms with van der Waals surface area (Å²) in [4.78, 5) is 22.7. The number of aliphatic imine (C=N–C) groups is 1. The van der Waals surface area contributed by atoms with Gasteiger partial charge in [-0.3, -0.25) is 4.79 Å². The standard InChI is InChI=1S/C19H21N3O3/c1-11-13(8-19(23)25-4)12(2)21-15(11)9-17-18(24-3)10-16(22-17)14-6-5-7-20-14/h5-7,9-10,20-21H,8H2,1-4H3. The van der Waals surface area contributed by atoms with Gasteiger partial charge in [0.25, 0.3) is 0 Å². The number of allylic oxidation sites excluding steroid dienone is 1. The van der Waals surface area contributed by atoms with Crippen LogP contribution in [0.1, 0.15) is 28.2 Å². The summed E-state index contributed by atoms with van der Waals surface area (Å²) >= 11 is 0. The maximum absolute atomic E-state index is 11.6. The summed E-state index contributed by atoms with van der Waals surface area (Å²) in [6.07, 6.45) is 5.95. The number of esters is 1. The van der Waals surface area contributed by atoms with E-state index in [9.17, 15) is 4.79 Å². The number of hydrogen-bond donors (Lipinski definition) is 2. The Balaban J connectivity index is 1.96. The quantitative estimate of drug-likeness (QED) is 0.822. The summed E-state index contributed by atoms with van der Waals surface area (Å²) in [7, 11) is 3.02. The van der Waals surface area contributed by atoms with Crippen LogP contribution in [-0.2, 0) is 20.7 Å². The molecule has 6 nitrogen and oxygen atoms in total. The Labute approximate surface area is 146 Å². The minimum absolute atomic E-state index is 0.248. The van der Waals surface area contributed by atoms with Crippen molar-refractivity contribution in [3.63, 3.8) is 0 Å². The Hall–Kier alpha value is -3.02. The zero-order valence-corrected chi connectivity index (χ0v) is 14.8. The van der Waals surface area contributed by atoms with Gasteiger partial charge in [-0.1, -0.05) is 0 Å². The van der Waals surface area contributed by atoms with Crippen LogP contribution in [0.25, 0.3) is 6.08 Å². The summed E-state index contributed by atoms with van der Waals surface area (Å²) in [5.74, 6) is 0.445. The zero-order valence-electron chi connectivity index (χ0n) is 14.8. The number of aryl methyl sites for hydroxylation is 1. The van der Waals surface area contributed by atoms with Crippen LogP contribution in [0.4, 0.5) is 0 Å². The number of H-pyrrole nitrogens is 2. The molecule has 1 aliphatic heterocycles. The molecule has 0 unspecified atom stereocenters. The molecule has 0 spiro atoms. The zero-order chi connectivity index (χ0) is 18.0. The predicted molar refractivity (Wildman–Crippen MR) is 96.4 cm³/mol. The number of nitrogens with zero attached hydrogens (tertiary/aromatic N) is 1. The van der Waals surface area contributed by atoms with Gasteiger partial charge in [0.1, 0.15) is 11.5 Å². The summed E-state index contributed by atoms with van der Waals surface area (Å²) in [5, 5.41) is 0. The number of ether oxygens (including phenoxy) is 2. The number of aromatic nitrogens is 2. The average Bonchev–Trinajstić information content (AvgIpc) is 3.31. The van der Waals surface area contributed by atoms with E-state index in [1.165, 1.54) is 7.11 Å². The molecule has 3 rings (SSSR count). The van der Waals surface area contributed by atoms with Gasteiger partial charge in [-0.15, -0.1) is 0 Å². The van der Waals surface area contributed by atoms with Crippen molar-refractivity contribution >= 4 is 17.8 Å². The molecule has 1 aliphatic rings. The molecule has 0 radical (unpaired) electrons. The minimum atomic E-state index is -0.255. The van der Waals surface area contributed by atoms with E-state index in [2.05, 4.69) is 15.0 Å². The first-order valence-corrected chi connectivity index (χ1v) is 7.98. The van der Waals surface area contributed by atoms with Crippen molar-refractivity contribution < 1.29 is 14.3 Å². The molecule has 2 aromatic heterocycles. The molecule has 2 aromatic rings. The van der Waals surface area contributed by atoms with Crippen LogP contribution in [0.2, 0.25) is 0 Å². The largest absolute Gasteiger partial charge is 0.494 e. The van der Waals surface area contributed by atoms with E-state index < -0.39 is 0 Å². The molecule has 0 amide bonds. The van der Waals surface area contributed by atoms with Crippen molar-refractivity contribution in [3.8, 4) is 0 Å². The Bertz CT molecular complexity index is 883. The molecular weight excluding hydrogens is 318 g/mol.